The van der Waals surface area contributed by atoms with Gasteiger partial charge in [0.25, 0.3) is 0 Å². The second-order valence-electron chi connectivity index (χ2n) is 5.13. The zero-order chi connectivity index (χ0) is 18.4. The molecule has 0 amide bonds. The van der Waals surface area contributed by atoms with Crippen LogP contribution in [0.1, 0.15) is 21.5 Å². The fourth-order valence-electron chi connectivity index (χ4n) is 2.27. The summed E-state index contributed by atoms with van der Waals surface area (Å²) in [7, 11) is 1.31. The van der Waals surface area contributed by atoms with Gasteiger partial charge in [-0.3, -0.25) is 4.79 Å². The normalized spacial score (nSPS) is 11.1. The molecule has 0 bridgehead atoms. The van der Waals surface area contributed by atoms with Crippen LogP contribution in [0.3, 0.4) is 0 Å². The average molecular weight is 343 g/mol. The first-order chi connectivity index (χ1) is 12.0. The second-order valence-corrected chi connectivity index (χ2v) is 5.13. The quantitative estimate of drug-likeness (QED) is 0.443. The van der Waals surface area contributed by atoms with E-state index in [0.29, 0.717) is 5.56 Å². The number of para-hydroxylation sites is 1. The number of alkyl halides is 2. The molecule has 0 saturated heterocycles. The minimum Gasteiger partial charge on any atom is -0.493 e. The van der Waals surface area contributed by atoms with Gasteiger partial charge in [-0.2, -0.15) is 14.0 Å². The van der Waals surface area contributed by atoms with Crippen molar-refractivity contribution in [3.8, 4) is 17.6 Å². The molecule has 0 heterocycles. The third-order valence-corrected chi connectivity index (χ3v) is 3.38. The van der Waals surface area contributed by atoms with Crippen molar-refractivity contribution in [1.82, 2.24) is 0 Å². The van der Waals surface area contributed by atoms with Gasteiger partial charge >= 0.3 is 6.61 Å². The van der Waals surface area contributed by atoms with Crippen LogP contribution >= 0.6 is 0 Å². The summed E-state index contributed by atoms with van der Waals surface area (Å²) in [4.78, 5) is 12.5. The molecule has 25 heavy (non-hydrogen) atoms. The first-order valence-corrected chi connectivity index (χ1v) is 7.31. The van der Waals surface area contributed by atoms with Gasteiger partial charge in [0.05, 0.1) is 7.11 Å². The van der Waals surface area contributed by atoms with Gasteiger partial charge in [0.15, 0.2) is 11.5 Å². The molecule has 128 valence electrons. The van der Waals surface area contributed by atoms with Crippen molar-refractivity contribution in [3.63, 3.8) is 0 Å². The Balaban J connectivity index is 2.49. The first kappa shape index (κ1) is 18.1. The van der Waals surface area contributed by atoms with Crippen molar-refractivity contribution in [2.45, 2.75) is 13.5 Å². The highest BCUT2D eigenvalue weighted by atomic mass is 19.3. The maximum absolute atomic E-state index is 12.7. The van der Waals surface area contributed by atoms with Crippen LogP contribution in [0.15, 0.2) is 48.0 Å². The molecule has 0 aliphatic rings. The van der Waals surface area contributed by atoms with E-state index in [1.54, 1.807) is 24.3 Å². The van der Waals surface area contributed by atoms with Gasteiger partial charge < -0.3 is 9.47 Å². The summed E-state index contributed by atoms with van der Waals surface area (Å²) in [5, 5.41) is 9.33. The Kier molecular flexibility index (Phi) is 5.85. The molecule has 0 aromatic heterocycles. The summed E-state index contributed by atoms with van der Waals surface area (Å²) < 4.78 is 34.8. The minimum absolute atomic E-state index is 0.0781. The van der Waals surface area contributed by atoms with Crippen molar-refractivity contribution in [3.05, 3.63) is 64.7 Å². The van der Waals surface area contributed by atoms with Crippen LogP contribution in [0.4, 0.5) is 8.78 Å². The van der Waals surface area contributed by atoms with E-state index >= 15 is 0 Å². The number of nitrogens with zero attached hydrogens (tertiary/aromatic N) is 1. The Morgan fingerprint density at radius 3 is 2.56 bits per heavy atom. The molecular formula is C19H15F2NO3. The lowest BCUT2D eigenvalue weighted by Crippen LogP contribution is -2.06. The van der Waals surface area contributed by atoms with Crippen LogP contribution in [0, 0.1) is 18.3 Å². The number of allylic oxidation sites excluding steroid dienone is 1. The van der Waals surface area contributed by atoms with E-state index in [0.717, 1.165) is 5.56 Å². The van der Waals surface area contributed by atoms with Crippen molar-refractivity contribution >= 4 is 11.9 Å². The van der Waals surface area contributed by atoms with Crippen molar-refractivity contribution in [2.24, 2.45) is 0 Å². The summed E-state index contributed by atoms with van der Waals surface area (Å²) in [6.45, 7) is -1.25. The summed E-state index contributed by atoms with van der Waals surface area (Å²) >= 11 is 0. The van der Waals surface area contributed by atoms with Crippen molar-refractivity contribution in [1.29, 1.82) is 5.26 Å². The van der Waals surface area contributed by atoms with Crippen LogP contribution in [-0.2, 0) is 0 Å². The molecule has 0 fully saturated rings. The number of aryl methyl sites for hydroxylation is 1. The third kappa shape index (κ3) is 4.42. The molecule has 0 spiro atoms. The molecular weight excluding hydrogens is 328 g/mol. The molecule has 6 heteroatoms. The molecule has 0 aliphatic heterocycles. The van der Waals surface area contributed by atoms with Gasteiger partial charge in [-0.25, -0.2) is 0 Å². The second kappa shape index (κ2) is 8.06. The zero-order valence-corrected chi connectivity index (χ0v) is 13.6. The molecule has 2 aromatic rings. The summed E-state index contributed by atoms with van der Waals surface area (Å²) in [6.07, 6.45) is 1.21. The van der Waals surface area contributed by atoms with Crippen molar-refractivity contribution < 1.29 is 23.0 Å². The Hall–Kier alpha value is -3.20. The number of ketones is 1. The summed E-state index contributed by atoms with van der Waals surface area (Å²) in [5.74, 6) is -0.656. The first-order valence-electron chi connectivity index (χ1n) is 7.31. The number of nitriles is 1. The number of carbonyl (C=O) groups excluding carboxylic acids is 1. The fraction of sp³-hybridized carbons (Fsp3) is 0.158. The smallest absolute Gasteiger partial charge is 0.387 e. The number of Topliss-reactive ketones (excluding diaryl/α,β-unsaturated/α-hetero) is 1. The minimum atomic E-state index is -3.07. The number of rotatable bonds is 6. The van der Waals surface area contributed by atoms with Crippen LogP contribution < -0.4 is 9.47 Å². The highest BCUT2D eigenvalue weighted by Crippen LogP contribution is 2.34. The molecule has 0 N–H and O–H groups in total. The number of halogens is 2. The maximum Gasteiger partial charge on any atom is 0.387 e. The molecule has 0 radical (unpaired) electrons. The summed E-state index contributed by atoms with van der Waals surface area (Å²) in [6, 6.07) is 13.0. The predicted molar refractivity (Wildman–Crippen MR) is 88.7 cm³/mol. The van der Waals surface area contributed by atoms with Gasteiger partial charge in [-0.05, 0) is 25.1 Å². The van der Waals surface area contributed by atoms with Gasteiger partial charge in [0.2, 0.25) is 5.78 Å². The predicted octanol–water partition coefficient (Wildman–Crippen LogP) is 4.39. The van der Waals surface area contributed by atoms with Crippen molar-refractivity contribution in [2.75, 3.05) is 7.11 Å². The topological polar surface area (TPSA) is 59.3 Å². The van der Waals surface area contributed by atoms with E-state index in [1.807, 2.05) is 19.1 Å². The number of ether oxygens (including phenoxy) is 2. The van der Waals surface area contributed by atoms with Gasteiger partial charge in [-0.15, -0.1) is 0 Å². The molecule has 4 nitrogen and oxygen atoms in total. The van der Waals surface area contributed by atoms with E-state index in [2.05, 4.69) is 4.74 Å². The standard InChI is InChI=1S/C19H15F2NO3/c1-12-5-3-6-13(9-12)17(23)15(11-22)10-14-7-4-8-16(24-2)18(14)25-19(20)21/h3-10,19H,1-2H3/b15-10+. The molecule has 2 aromatic carbocycles. The SMILES string of the molecule is COc1cccc(/C=C(\C#N)C(=O)c2cccc(C)c2)c1OC(F)F. The van der Waals surface area contributed by atoms with E-state index in [9.17, 15) is 18.8 Å². The highest BCUT2D eigenvalue weighted by Gasteiger charge is 2.17. The zero-order valence-electron chi connectivity index (χ0n) is 13.6. The molecule has 0 aliphatic carbocycles. The largest absolute Gasteiger partial charge is 0.493 e. The van der Waals surface area contributed by atoms with Crippen LogP contribution in [0.2, 0.25) is 0 Å². The Morgan fingerprint density at radius 1 is 1.24 bits per heavy atom. The highest BCUT2D eigenvalue weighted by molar-refractivity contribution is 6.14. The number of hydrogen-bond acceptors (Lipinski definition) is 4. The van der Waals surface area contributed by atoms with Crippen LogP contribution in [0.5, 0.6) is 11.5 Å². The maximum atomic E-state index is 12.7. The molecule has 2 rings (SSSR count). The van der Waals surface area contributed by atoms with E-state index in [4.69, 9.17) is 4.74 Å². The van der Waals surface area contributed by atoms with Crippen LogP contribution in [-0.4, -0.2) is 19.5 Å². The Bertz CT molecular complexity index is 854. The Morgan fingerprint density at radius 2 is 1.96 bits per heavy atom. The number of benzene rings is 2. The lowest BCUT2D eigenvalue weighted by Gasteiger charge is -2.12. The lowest BCUT2D eigenvalue weighted by atomic mass is 10.00. The number of hydrogen-bond donors (Lipinski definition) is 0. The third-order valence-electron chi connectivity index (χ3n) is 3.38. The molecule has 0 unspecified atom stereocenters. The average Bonchev–Trinajstić information content (AvgIpc) is 2.59. The number of methoxy groups -OCH3 is 1. The molecule has 0 atom stereocenters. The van der Waals surface area contributed by atoms with E-state index in [1.165, 1.54) is 25.3 Å². The molecule has 0 saturated carbocycles. The van der Waals surface area contributed by atoms with Gasteiger partial charge in [0.1, 0.15) is 11.6 Å². The van der Waals surface area contributed by atoms with Gasteiger partial charge in [0, 0.05) is 11.1 Å². The fourth-order valence-corrected chi connectivity index (χ4v) is 2.27. The monoisotopic (exact) mass is 343 g/mol. The van der Waals surface area contributed by atoms with Crippen LogP contribution in [0.25, 0.3) is 6.08 Å². The lowest BCUT2D eigenvalue weighted by molar-refractivity contribution is -0.0513. The van der Waals surface area contributed by atoms with E-state index < -0.39 is 12.4 Å². The van der Waals surface area contributed by atoms with Gasteiger partial charge in [-0.1, -0.05) is 35.9 Å². The summed E-state index contributed by atoms with van der Waals surface area (Å²) in [5.41, 5.74) is 1.16. The van der Waals surface area contributed by atoms with E-state index in [-0.39, 0.29) is 22.6 Å². The number of carbonyl (C=O) groups is 1. The Labute approximate surface area is 143 Å².